The van der Waals surface area contributed by atoms with Gasteiger partial charge in [0.25, 0.3) is 0 Å². The Morgan fingerprint density at radius 3 is 2.82 bits per heavy atom. The first-order chi connectivity index (χ1) is 8.25. The molecule has 0 aromatic carbocycles. The molecule has 0 saturated carbocycles. The largest absolute Gasteiger partial charge is 0.312 e. The molecule has 0 unspecified atom stereocenters. The molecule has 0 bridgehead atoms. The van der Waals surface area contributed by atoms with Gasteiger partial charge in [0.1, 0.15) is 0 Å². The summed E-state index contributed by atoms with van der Waals surface area (Å²) in [5.41, 5.74) is 1.65. The lowest BCUT2D eigenvalue weighted by atomic mass is 9.97. The first kappa shape index (κ1) is 13.8. The molecular formula is C13H17Br2NS. The van der Waals surface area contributed by atoms with E-state index in [4.69, 9.17) is 0 Å². The monoisotopic (exact) mass is 377 g/mol. The highest BCUT2D eigenvalue weighted by atomic mass is 79.9. The van der Waals surface area contributed by atoms with Crippen LogP contribution in [0.5, 0.6) is 0 Å². The molecule has 94 valence electrons. The molecule has 0 fully saturated rings. The highest BCUT2D eigenvalue weighted by Crippen LogP contribution is 2.32. The molecule has 0 spiro atoms. The standard InChI is InChI=1S/C13H17Br2NS/c14-12-8-11(17-13(12)15)9-16-7-6-10-4-2-1-3-5-10/h4,8,16H,1-3,5-7,9H2. The van der Waals surface area contributed by atoms with Gasteiger partial charge in [-0.3, -0.25) is 0 Å². The van der Waals surface area contributed by atoms with Crippen molar-refractivity contribution in [3.63, 3.8) is 0 Å². The summed E-state index contributed by atoms with van der Waals surface area (Å²) in [6, 6.07) is 2.18. The SMILES string of the molecule is Brc1cc(CNCCC2=CCCCC2)sc1Br. The van der Waals surface area contributed by atoms with Gasteiger partial charge < -0.3 is 5.32 Å². The van der Waals surface area contributed by atoms with Crippen LogP contribution in [-0.4, -0.2) is 6.54 Å². The van der Waals surface area contributed by atoms with Crippen molar-refractivity contribution in [3.8, 4) is 0 Å². The van der Waals surface area contributed by atoms with Crippen molar-refractivity contribution in [3.05, 3.63) is 30.9 Å². The number of allylic oxidation sites excluding steroid dienone is 1. The van der Waals surface area contributed by atoms with Crippen molar-refractivity contribution in [1.82, 2.24) is 5.32 Å². The van der Waals surface area contributed by atoms with Gasteiger partial charge in [-0.2, -0.15) is 0 Å². The van der Waals surface area contributed by atoms with Crippen molar-refractivity contribution in [1.29, 1.82) is 0 Å². The predicted octanol–water partition coefficient (Wildman–Crippen LogP) is 5.25. The zero-order valence-corrected chi connectivity index (χ0v) is 13.8. The Morgan fingerprint density at radius 2 is 2.18 bits per heavy atom. The Morgan fingerprint density at radius 1 is 1.29 bits per heavy atom. The summed E-state index contributed by atoms with van der Waals surface area (Å²) < 4.78 is 2.35. The fourth-order valence-electron chi connectivity index (χ4n) is 2.07. The van der Waals surface area contributed by atoms with Gasteiger partial charge in [-0.15, -0.1) is 11.3 Å². The van der Waals surface area contributed by atoms with Crippen LogP contribution >= 0.6 is 43.2 Å². The molecule has 17 heavy (non-hydrogen) atoms. The molecular weight excluding hydrogens is 362 g/mol. The Kier molecular flexibility index (Phi) is 5.74. The van der Waals surface area contributed by atoms with Crippen LogP contribution in [-0.2, 0) is 6.54 Å². The molecule has 1 aliphatic rings. The summed E-state index contributed by atoms with van der Waals surface area (Å²) in [4.78, 5) is 1.38. The molecule has 0 aliphatic heterocycles. The lowest BCUT2D eigenvalue weighted by Crippen LogP contribution is -2.14. The van der Waals surface area contributed by atoms with E-state index in [1.807, 2.05) is 0 Å². The zero-order valence-electron chi connectivity index (χ0n) is 9.77. The average molecular weight is 379 g/mol. The second kappa shape index (κ2) is 7.07. The topological polar surface area (TPSA) is 12.0 Å². The van der Waals surface area contributed by atoms with Crippen molar-refractivity contribution < 1.29 is 0 Å². The number of nitrogens with one attached hydrogen (secondary N) is 1. The van der Waals surface area contributed by atoms with E-state index in [0.717, 1.165) is 17.6 Å². The molecule has 0 amide bonds. The van der Waals surface area contributed by atoms with Gasteiger partial charge in [-0.25, -0.2) is 0 Å². The van der Waals surface area contributed by atoms with Crippen LogP contribution in [0.2, 0.25) is 0 Å². The molecule has 0 radical (unpaired) electrons. The van der Waals surface area contributed by atoms with Crippen molar-refractivity contribution in [2.24, 2.45) is 0 Å². The molecule has 1 aromatic rings. The fraction of sp³-hybridized carbons (Fsp3) is 0.538. The second-order valence-electron chi connectivity index (χ2n) is 4.37. The minimum atomic E-state index is 0.974. The van der Waals surface area contributed by atoms with E-state index in [1.165, 1.54) is 40.8 Å². The van der Waals surface area contributed by atoms with Gasteiger partial charge in [0.15, 0.2) is 0 Å². The van der Waals surface area contributed by atoms with E-state index in [0.29, 0.717) is 0 Å². The number of halogens is 2. The first-order valence-corrected chi connectivity index (χ1v) is 8.48. The molecule has 1 aliphatic carbocycles. The normalized spacial score (nSPS) is 16.0. The van der Waals surface area contributed by atoms with Crippen LogP contribution in [0.1, 0.15) is 37.0 Å². The minimum absolute atomic E-state index is 0.974. The van der Waals surface area contributed by atoms with Gasteiger partial charge in [-0.1, -0.05) is 11.6 Å². The summed E-state index contributed by atoms with van der Waals surface area (Å²) in [6.45, 7) is 2.07. The highest BCUT2D eigenvalue weighted by Gasteiger charge is 2.05. The quantitative estimate of drug-likeness (QED) is 0.544. The lowest BCUT2D eigenvalue weighted by Gasteiger charge is -2.12. The maximum atomic E-state index is 3.52. The smallest absolute Gasteiger partial charge is 0.0843 e. The second-order valence-corrected chi connectivity index (χ2v) is 7.68. The number of rotatable bonds is 5. The van der Waals surface area contributed by atoms with Crippen LogP contribution < -0.4 is 5.32 Å². The third-order valence-electron chi connectivity index (χ3n) is 3.00. The molecule has 1 nitrogen and oxygen atoms in total. The van der Waals surface area contributed by atoms with Gasteiger partial charge >= 0.3 is 0 Å². The van der Waals surface area contributed by atoms with E-state index < -0.39 is 0 Å². The third-order valence-corrected chi connectivity index (χ3v) is 6.26. The molecule has 0 atom stereocenters. The van der Waals surface area contributed by atoms with Crippen molar-refractivity contribution in [2.75, 3.05) is 6.54 Å². The Bertz CT molecular complexity index is 379. The maximum Gasteiger partial charge on any atom is 0.0843 e. The van der Waals surface area contributed by atoms with E-state index in [9.17, 15) is 0 Å². The molecule has 4 heteroatoms. The fourth-order valence-corrected chi connectivity index (χ4v) is 4.22. The van der Waals surface area contributed by atoms with Crippen LogP contribution in [0.15, 0.2) is 26.0 Å². The molecule has 2 rings (SSSR count). The average Bonchev–Trinajstić information content (AvgIpc) is 2.66. The number of thiophene rings is 1. The molecule has 1 aromatic heterocycles. The summed E-state index contributed by atoms with van der Waals surface area (Å²) in [5.74, 6) is 0. The summed E-state index contributed by atoms with van der Waals surface area (Å²) in [7, 11) is 0. The van der Waals surface area contributed by atoms with E-state index in [2.05, 4.69) is 49.3 Å². The molecule has 0 saturated heterocycles. The minimum Gasteiger partial charge on any atom is -0.312 e. The first-order valence-electron chi connectivity index (χ1n) is 6.08. The lowest BCUT2D eigenvalue weighted by molar-refractivity contribution is 0.635. The van der Waals surface area contributed by atoms with Gasteiger partial charge in [0, 0.05) is 15.9 Å². The number of hydrogen-bond acceptors (Lipinski definition) is 2. The van der Waals surface area contributed by atoms with Crippen LogP contribution in [0.3, 0.4) is 0 Å². The Hall–Kier alpha value is 0.360. The maximum absolute atomic E-state index is 3.52. The van der Waals surface area contributed by atoms with Crippen LogP contribution in [0, 0.1) is 0 Å². The number of hydrogen-bond donors (Lipinski definition) is 1. The van der Waals surface area contributed by atoms with Gasteiger partial charge in [0.2, 0.25) is 0 Å². The predicted molar refractivity (Wildman–Crippen MR) is 82.6 cm³/mol. The third kappa shape index (κ3) is 4.51. The van der Waals surface area contributed by atoms with Crippen molar-refractivity contribution in [2.45, 2.75) is 38.6 Å². The van der Waals surface area contributed by atoms with E-state index in [-0.39, 0.29) is 0 Å². The van der Waals surface area contributed by atoms with E-state index >= 15 is 0 Å². The van der Waals surface area contributed by atoms with E-state index in [1.54, 1.807) is 16.9 Å². The Balaban J connectivity index is 1.67. The van der Waals surface area contributed by atoms with Crippen molar-refractivity contribution >= 4 is 43.2 Å². The molecule has 1 heterocycles. The van der Waals surface area contributed by atoms with Crippen LogP contribution in [0.25, 0.3) is 0 Å². The van der Waals surface area contributed by atoms with Gasteiger partial charge in [-0.05, 0) is 76.6 Å². The zero-order chi connectivity index (χ0) is 12.1. The summed E-state index contributed by atoms with van der Waals surface area (Å²) in [6.07, 6.45) is 9.03. The Labute approximate surface area is 124 Å². The summed E-state index contributed by atoms with van der Waals surface area (Å²) >= 11 is 8.83. The summed E-state index contributed by atoms with van der Waals surface area (Å²) in [5, 5.41) is 3.52. The van der Waals surface area contributed by atoms with Gasteiger partial charge in [0.05, 0.1) is 3.79 Å². The highest BCUT2D eigenvalue weighted by molar-refractivity contribution is 9.13. The van der Waals surface area contributed by atoms with Crippen LogP contribution in [0.4, 0.5) is 0 Å². The molecule has 1 N–H and O–H groups in total.